The molecule has 1 heterocycles. The van der Waals surface area contributed by atoms with Gasteiger partial charge in [-0.25, -0.2) is 9.37 Å². The molecule has 1 aliphatic carbocycles. The van der Waals surface area contributed by atoms with Crippen LogP contribution in [0.15, 0.2) is 48.5 Å². The molecule has 1 N–H and O–H groups in total. The lowest BCUT2D eigenvalue weighted by Crippen LogP contribution is -2.26. The minimum Gasteiger partial charge on any atom is -0.348 e. The molecule has 0 bridgehead atoms. The summed E-state index contributed by atoms with van der Waals surface area (Å²) >= 11 is 7.57. The third-order valence-electron chi connectivity index (χ3n) is 4.49. The third-order valence-corrected chi connectivity index (χ3v) is 6.01. The average Bonchev–Trinajstić information content (AvgIpc) is 3.27. The fraction of sp³-hybridized carbons (Fsp3) is 0.200. The summed E-state index contributed by atoms with van der Waals surface area (Å²) in [5.41, 5.74) is 2.43. The van der Waals surface area contributed by atoms with E-state index in [0.717, 1.165) is 22.6 Å². The fourth-order valence-electron chi connectivity index (χ4n) is 3.05. The van der Waals surface area contributed by atoms with Gasteiger partial charge in [0.1, 0.15) is 15.7 Å². The summed E-state index contributed by atoms with van der Waals surface area (Å²) in [6, 6.07) is 14.0. The maximum absolute atomic E-state index is 13.4. The summed E-state index contributed by atoms with van der Waals surface area (Å²) in [7, 11) is 0. The highest BCUT2D eigenvalue weighted by atomic mass is 35.5. The van der Waals surface area contributed by atoms with Crippen molar-refractivity contribution in [2.24, 2.45) is 0 Å². The number of hydrogen-bond donors (Lipinski definition) is 1. The van der Waals surface area contributed by atoms with Crippen LogP contribution in [0.1, 0.15) is 33.3 Å². The summed E-state index contributed by atoms with van der Waals surface area (Å²) in [5.74, 6) is -0.213. The SMILES string of the molecule is Cc1nc(-c2ccccc2Cl)sc1C(=O)N[C@@H]1C[C@@H]1c1cccc(F)c1. The zero-order valence-electron chi connectivity index (χ0n) is 14.0. The molecule has 26 heavy (non-hydrogen) atoms. The number of thiazole rings is 1. The van der Waals surface area contributed by atoms with Gasteiger partial charge < -0.3 is 5.32 Å². The van der Waals surface area contributed by atoms with Crippen LogP contribution in [-0.4, -0.2) is 16.9 Å². The molecule has 0 aliphatic heterocycles. The lowest BCUT2D eigenvalue weighted by atomic mass is 10.1. The Morgan fingerprint density at radius 3 is 2.85 bits per heavy atom. The maximum Gasteiger partial charge on any atom is 0.263 e. The molecule has 1 aliphatic rings. The summed E-state index contributed by atoms with van der Waals surface area (Å²) in [6.07, 6.45) is 0.824. The van der Waals surface area contributed by atoms with Gasteiger partial charge in [-0.3, -0.25) is 4.79 Å². The number of halogens is 2. The third kappa shape index (κ3) is 3.37. The first-order valence-electron chi connectivity index (χ1n) is 8.31. The molecule has 1 fully saturated rings. The van der Waals surface area contributed by atoms with E-state index in [9.17, 15) is 9.18 Å². The summed E-state index contributed by atoms with van der Waals surface area (Å²) in [5, 5.41) is 4.38. The Morgan fingerprint density at radius 2 is 2.08 bits per heavy atom. The summed E-state index contributed by atoms with van der Waals surface area (Å²) < 4.78 is 13.4. The van der Waals surface area contributed by atoms with Crippen molar-refractivity contribution in [3.05, 3.63) is 75.5 Å². The van der Waals surface area contributed by atoms with Gasteiger partial charge in [0, 0.05) is 17.5 Å². The molecular weight excluding hydrogens is 371 g/mol. The first-order valence-corrected chi connectivity index (χ1v) is 9.51. The van der Waals surface area contributed by atoms with Crippen LogP contribution in [0.4, 0.5) is 4.39 Å². The van der Waals surface area contributed by atoms with E-state index in [1.807, 2.05) is 31.2 Å². The van der Waals surface area contributed by atoms with Gasteiger partial charge in [-0.2, -0.15) is 0 Å². The Balaban J connectivity index is 1.49. The normalized spacial score (nSPS) is 18.6. The number of carbonyl (C=O) groups excluding carboxylic acids is 1. The Labute approximate surface area is 159 Å². The molecule has 0 radical (unpaired) electrons. The smallest absolute Gasteiger partial charge is 0.263 e. The highest BCUT2D eigenvalue weighted by Crippen LogP contribution is 2.41. The molecule has 3 aromatic rings. The minimum absolute atomic E-state index is 0.0366. The summed E-state index contributed by atoms with van der Waals surface area (Å²) in [4.78, 5) is 17.7. The van der Waals surface area contributed by atoms with Crippen molar-refractivity contribution in [3.63, 3.8) is 0 Å². The molecular formula is C20H16ClFN2OS. The predicted octanol–water partition coefficient (Wildman–Crippen LogP) is 5.20. The first-order chi connectivity index (χ1) is 12.5. The molecule has 6 heteroatoms. The van der Waals surface area contributed by atoms with Gasteiger partial charge in [0.2, 0.25) is 0 Å². The van der Waals surface area contributed by atoms with E-state index < -0.39 is 0 Å². The zero-order valence-corrected chi connectivity index (χ0v) is 15.6. The number of benzene rings is 2. The van der Waals surface area contributed by atoms with Crippen LogP contribution < -0.4 is 5.32 Å². The number of nitrogens with zero attached hydrogens (tertiary/aromatic N) is 1. The Bertz CT molecular complexity index is 987. The largest absolute Gasteiger partial charge is 0.348 e. The van der Waals surface area contributed by atoms with Gasteiger partial charge in [0.25, 0.3) is 5.91 Å². The lowest BCUT2D eigenvalue weighted by Gasteiger charge is -2.04. The molecule has 0 saturated heterocycles. The number of aromatic nitrogens is 1. The molecule has 2 atom stereocenters. The fourth-order valence-corrected chi connectivity index (χ4v) is 4.34. The second kappa shape index (κ2) is 6.82. The molecule has 3 nitrogen and oxygen atoms in total. The topological polar surface area (TPSA) is 42.0 Å². The molecule has 1 amide bonds. The Hall–Kier alpha value is -2.24. The highest BCUT2D eigenvalue weighted by Gasteiger charge is 2.40. The van der Waals surface area contributed by atoms with Crippen molar-refractivity contribution in [3.8, 4) is 10.6 Å². The van der Waals surface area contributed by atoms with Crippen LogP contribution in [0.5, 0.6) is 0 Å². The number of aryl methyl sites for hydroxylation is 1. The van der Waals surface area contributed by atoms with Crippen molar-refractivity contribution < 1.29 is 9.18 Å². The molecule has 2 aromatic carbocycles. The van der Waals surface area contributed by atoms with Crippen LogP contribution >= 0.6 is 22.9 Å². The van der Waals surface area contributed by atoms with E-state index in [-0.39, 0.29) is 23.7 Å². The molecule has 1 aromatic heterocycles. The van der Waals surface area contributed by atoms with E-state index in [4.69, 9.17) is 11.6 Å². The lowest BCUT2D eigenvalue weighted by molar-refractivity contribution is 0.0953. The van der Waals surface area contributed by atoms with Gasteiger partial charge in [-0.1, -0.05) is 41.9 Å². The minimum atomic E-state index is -0.248. The quantitative estimate of drug-likeness (QED) is 0.669. The number of amides is 1. The van der Waals surface area contributed by atoms with Gasteiger partial charge >= 0.3 is 0 Å². The van der Waals surface area contributed by atoms with E-state index in [0.29, 0.717) is 15.6 Å². The average molecular weight is 387 g/mol. The van der Waals surface area contributed by atoms with Gasteiger partial charge in [-0.05, 0) is 37.1 Å². The van der Waals surface area contributed by atoms with Gasteiger partial charge in [-0.15, -0.1) is 11.3 Å². The Kier molecular flexibility index (Phi) is 4.51. The van der Waals surface area contributed by atoms with Crippen LogP contribution in [-0.2, 0) is 0 Å². The molecule has 132 valence electrons. The first kappa shape index (κ1) is 17.2. The highest BCUT2D eigenvalue weighted by molar-refractivity contribution is 7.17. The van der Waals surface area contributed by atoms with Crippen molar-refractivity contribution in [2.75, 3.05) is 0 Å². The van der Waals surface area contributed by atoms with Crippen LogP contribution in [0, 0.1) is 12.7 Å². The molecule has 0 unspecified atom stereocenters. The van der Waals surface area contributed by atoms with Crippen molar-refractivity contribution in [2.45, 2.75) is 25.3 Å². The van der Waals surface area contributed by atoms with E-state index in [2.05, 4.69) is 10.3 Å². The number of nitrogens with one attached hydrogen (secondary N) is 1. The Morgan fingerprint density at radius 1 is 1.27 bits per heavy atom. The zero-order chi connectivity index (χ0) is 18.3. The number of carbonyl (C=O) groups is 1. The number of rotatable bonds is 4. The van der Waals surface area contributed by atoms with E-state index >= 15 is 0 Å². The second-order valence-corrected chi connectivity index (χ2v) is 7.80. The van der Waals surface area contributed by atoms with Crippen LogP contribution in [0.3, 0.4) is 0 Å². The van der Waals surface area contributed by atoms with Crippen molar-refractivity contribution >= 4 is 28.8 Å². The van der Waals surface area contributed by atoms with Crippen molar-refractivity contribution in [1.29, 1.82) is 0 Å². The second-order valence-electron chi connectivity index (χ2n) is 6.39. The van der Waals surface area contributed by atoms with Gasteiger partial charge in [0.15, 0.2) is 0 Å². The van der Waals surface area contributed by atoms with Crippen LogP contribution in [0.2, 0.25) is 5.02 Å². The van der Waals surface area contributed by atoms with E-state index in [1.165, 1.54) is 23.5 Å². The standard InChI is InChI=1S/C20H16ClFN2OS/c1-11-18(26-20(23-11)14-7-2-3-8-16(14)21)19(25)24-17-10-15(17)12-5-4-6-13(22)9-12/h2-9,15,17H,10H2,1H3,(H,24,25)/t15-,17-/m1/s1. The molecule has 1 saturated carbocycles. The van der Waals surface area contributed by atoms with Crippen molar-refractivity contribution in [1.82, 2.24) is 10.3 Å². The van der Waals surface area contributed by atoms with E-state index in [1.54, 1.807) is 12.1 Å². The monoisotopic (exact) mass is 386 g/mol. The van der Waals surface area contributed by atoms with Crippen LogP contribution in [0.25, 0.3) is 10.6 Å². The molecule has 0 spiro atoms. The maximum atomic E-state index is 13.4. The van der Waals surface area contributed by atoms with Gasteiger partial charge in [0.05, 0.1) is 10.7 Å². The molecule has 4 rings (SSSR count). The summed E-state index contributed by atoms with van der Waals surface area (Å²) in [6.45, 7) is 1.82. The predicted molar refractivity (Wildman–Crippen MR) is 102 cm³/mol. The number of hydrogen-bond acceptors (Lipinski definition) is 3.